The van der Waals surface area contributed by atoms with Crippen molar-refractivity contribution in [3.63, 3.8) is 0 Å². The van der Waals surface area contributed by atoms with Gasteiger partial charge >= 0.3 is 0 Å². The van der Waals surface area contributed by atoms with E-state index < -0.39 is 9.84 Å². The summed E-state index contributed by atoms with van der Waals surface area (Å²) in [6, 6.07) is 17.3. The summed E-state index contributed by atoms with van der Waals surface area (Å²) in [5.41, 5.74) is 1.41. The number of fused-ring (bicyclic) bond motifs is 2. The van der Waals surface area contributed by atoms with Crippen molar-refractivity contribution in [2.45, 2.75) is 4.90 Å². The molecule has 3 heterocycles. The number of H-pyrrole nitrogens is 1. The molecule has 166 valence electrons. The Morgan fingerprint density at radius 2 is 1.62 bits per heavy atom. The molecule has 0 unspecified atom stereocenters. The van der Waals surface area contributed by atoms with E-state index in [2.05, 4.69) is 37.3 Å². The van der Waals surface area contributed by atoms with Gasteiger partial charge in [0.1, 0.15) is 17.2 Å². The second-order valence-corrected chi connectivity index (χ2v) is 9.58. The molecule has 0 amide bonds. The van der Waals surface area contributed by atoms with Crippen LogP contribution in [0, 0.1) is 11.8 Å². The normalized spacial score (nSPS) is 11.2. The van der Waals surface area contributed by atoms with Gasteiger partial charge in [-0.2, -0.15) is 5.10 Å². The zero-order valence-corrected chi connectivity index (χ0v) is 18.7. The van der Waals surface area contributed by atoms with Crippen LogP contribution in [0.2, 0.25) is 0 Å². The second-order valence-electron chi connectivity index (χ2n) is 7.57. The van der Waals surface area contributed by atoms with E-state index in [1.165, 1.54) is 6.26 Å². The molecule has 0 spiro atoms. The molecule has 0 saturated carbocycles. The van der Waals surface area contributed by atoms with Crippen LogP contribution in [-0.4, -0.2) is 34.8 Å². The van der Waals surface area contributed by atoms with Crippen LogP contribution in [0.25, 0.3) is 21.5 Å². The maximum Gasteiger partial charge on any atom is 0.272 e. The monoisotopic (exact) mass is 467 g/mol. The Kier molecular flexibility index (Phi) is 5.28. The first-order valence-electron chi connectivity index (χ1n) is 10.2. The molecular formula is C25H17N5O3S. The van der Waals surface area contributed by atoms with E-state index >= 15 is 0 Å². The molecule has 0 bridgehead atoms. The number of hydrogen-bond donors (Lipinski definition) is 2. The van der Waals surface area contributed by atoms with Gasteiger partial charge in [-0.05, 0) is 54.3 Å². The van der Waals surface area contributed by atoms with Crippen molar-refractivity contribution in [2.24, 2.45) is 0 Å². The third kappa shape index (κ3) is 4.22. The predicted octanol–water partition coefficient (Wildman–Crippen LogP) is 3.41. The minimum atomic E-state index is -3.26. The predicted molar refractivity (Wildman–Crippen MR) is 131 cm³/mol. The SMILES string of the molecule is CS(=O)(=O)c1ccc(Nc2cc3c(C#Cc4n[nH]c(=O)c5ccccc45)nccc3cn2)cc1. The molecule has 2 N–H and O–H groups in total. The topological polar surface area (TPSA) is 118 Å². The summed E-state index contributed by atoms with van der Waals surface area (Å²) in [7, 11) is -3.26. The van der Waals surface area contributed by atoms with Crippen LogP contribution in [0.4, 0.5) is 11.5 Å². The van der Waals surface area contributed by atoms with E-state index in [9.17, 15) is 13.2 Å². The fourth-order valence-corrected chi connectivity index (χ4v) is 4.13. The third-order valence-electron chi connectivity index (χ3n) is 5.20. The maximum atomic E-state index is 12.0. The number of aromatic nitrogens is 4. The maximum absolute atomic E-state index is 12.0. The molecule has 0 aliphatic heterocycles. The number of pyridine rings is 2. The van der Waals surface area contributed by atoms with Crippen molar-refractivity contribution < 1.29 is 8.42 Å². The summed E-state index contributed by atoms with van der Waals surface area (Å²) in [6.07, 6.45) is 4.54. The molecule has 3 aromatic heterocycles. The lowest BCUT2D eigenvalue weighted by atomic mass is 10.1. The Bertz CT molecular complexity index is 1780. The summed E-state index contributed by atoms with van der Waals surface area (Å²) in [5.74, 6) is 6.64. The van der Waals surface area contributed by atoms with Crippen molar-refractivity contribution in [2.75, 3.05) is 11.6 Å². The van der Waals surface area contributed by atoms with Gasteiger partial charge in [0.05, 0.1) is 10.3 Å². The van der Waals surface area contributed by atoms with Crippen LogP contribution in [0.3, 0.4) is 0 Å². The first kappa shape index (κ1) is 21.3. The van der Waals surface area contributed by atoms with Crippen molar-refractivity contribution in [3.8, 4) is 11.8 Å². The van der Waals surface area contributed by atoms with E-state index in [0.29, 0.717) is 33.7 Å². The molecule has 0 aliphatic rings. The number of aromatic amines is 1. The quantitative estimate of drug-likeness (QED) is 0.391. The van der Waals surface area contributed by atoms with Gasteiger partial charge in [0.15, 0.2) is 9.84 Å². The molecule has 0 fully saturated rings. The standard InChI is InChI=1S/C25H17N5O3S/c1-34(32,33)18-8-6-17(7-9-18)28-24-14-21-16(15-27-24)12-13-26-22(21)10-11-23-19-4-2-3-5-20(19)25(31)30-29-23/h2-9,12-15H,1H3,(H,27,28)(H,30,31). The second kappa shape index (κ2) is 8.42. The summed E-state index contributed by atoms with van der Waals surface area (Å²) in [4.78, 5) is 21.1. The van der Waals surface area contributed by atoms with Crippen LogP contribution in [0.5, 0.6) is 0 Å². The molecule has 5 aromatic rings. The Balaban J connectivity index is 1.52. The van der Waals surface area contributed by atoms with Gasteiger partial charge in [-0.15, -0.1) is 0 Å². The van der Waals surface area contributed by atoms with E-state index in [1.807, 2.05) is 18.2 Å². The fourth-order valence-electron chi connectivity index (χ4n) is 3.50. The first-order valence-corrected chi connectivity index (χ1v) is 12.1. The Morgan fingerprint density at radius 1 is 0.882 bits per heavy atom. The highest BCUT2D eigenvalue weighted by Crippen LogP contribution is 2.23. The summed E-state index contributed by atoms with van der Waals surface area (Å²) in [5, 5.41) is 12.6. The van der Waals surface area contributed by atoms with Crippen molar-refractivity contribution in [1.82, 2.24) is 20.2 Å². The van der Waals surface area contributed by atoms with Gasteiger partial charge in [-0.3, -0.25) is 4.79 Å². The number of hydrogen-bond acceptors (Lipinski definition) is 7. The molecule has 34 heavy (non-hydrogen) atoms. The van der Waals surface area contributed by atoms with Crippen molar-refractivity contribution in [3.05, 3.63) is 94.8 Å². The van der Waals surface area contributed by atoms with Gasteiger partial charge in [0, 0.05) is 40.5 Å². The lowest BCUT2D eigenvalue weighted by Crippen LogP contribution is -2.09. The average molecular weight is 468 g/mol. The van der Waals surface area contributed by atoms with E-state index in [1.54, 1.807) is 54.9 Å². The average Bonchev–Trinajstić information content (AvgIpc) is 2.84. The third-order valence-corrected chi connectivity index (χ3v) is 6.33. The minimum Gasteiger partial charge on any atom is -0.340 e. The van der Waals surface area contributed by atoms with Gasteiger partial charge < -0.3 is 5.32 Å². The highest BCUT2D eigenvalue weighted by atomic mass is 32.2. The van der Waals surface area contributed by atoms with Gasteiger partial charge in [-0.25, -0.2) is 23.5 Å². The van der Waals surface area contributed by atoms with E-state index in [-0.39, 0.29) is 10.5 Å². The molecule has 0 aliphatic carbocycles. The molecule has 8 nitrogen and oxygen atoms in total. The zero-order chi connectivity index (χ0) is 23.7. The Labute approximate surface area is 194 Å². The van der Waals surface area contributed by atoms with Crippen molar-refractivity contribution in [1.29, 1.82) is 0 Å². The summed E-state index contributed by atoms with van der Waals surface area (Å²) >= 11 is 0. The highest BCUT2D eigenvalue weighted by molar-refractivity contribution is 7.90. The number of anilines is 2. The Hall–Kier alpha value is -4.55. The molecule has 0 atom stereocenters. The van der Waals surface area contributed by atoms with Crippen molar-refractivity contribution >= 4 is 42.9 Å². The van der Waals surface area contributed by atoms with Crippen LogP contribution in [-0.2, 0) is 9.84 Å². The minimum absolute atomic E-state index is 0.245. The summed E-state index contributed by atoms with van der Waals surface area (Å²) < 4.78 is 23.3. The van der Waals surface area contributed by atoms with Crippen LogP contribution >= 0.6 is 0 Å². The lowest BCUT2D eigenvalue weighted by Gasteiger charge is -2.08. The zero-order valence-electron chi connectivity index (χ0n) is 17.9. The summed E-state index contributed by atoms with van der Waals surface area (Å²) in [6.45, 7) is 0. The van der Waals surface area contributed by atoms with Gasteiger partial charge in [-0.1, -0.05) is 18.2 Å². The fraction of sp³-hybridized carbons (Fsp3) is 0.0400. The Morgan fingerprint density at radius 3 is 2.38 bits per heavy atom. The molecule has 2 aromatic carbocycles. The molecule has 0 radical (unpaired) electrons. The number of sulfone groups is 1. The first-order chi connectivity index (χ1) is 16.4. The molecule has 9 heteroatoms. The number of rotatable bonds is 3. The molecule has 5 rings (SSSR count). The van der Waals surface area contributed by atoms with Crippen LogP contribution in [0.15, 0.2) is 82.7 Å². The van der Waals surface area contributed by atoms with E-state index in [4.69, 9.17) is 0 Å². The van der Waals surface area contributed by atoms with Crippen LogP contribution < -0.4 is 10.9 Å². The van der Waals surface area contributed by atoms with Gasteiger partial charge in [0.25, 0.3) is 5.56 Å². The van der Waals surface area contributed by atoms with Crippen LogP contribution in [0.1, 0.15) is 11.4 Å². The molecule has 0 saturated heterocycles. The number of nitrogens with one attached hydrogen (secondary N) is 2. The highest BCUT2D eigenvalue weighted by Gasteiger charge is 2.08. The lowest BCUT2D eigenvalue weighted by molar-refractivity contribution is 0.602. The molecular weight excluding hydrogens is 450 g/mol. The largest absolute Gasteiger partial charge is 0.340 e. The van der Waals surface area contributed by atoms with E-state index in [0.717, 1.165) is 10.8 Å². The van der Waals surface area contributed by atoms with Gasteiger partial charge in [0.2, 0.25) is 0 Å². The number of benzene rings is 2. The smallest absolute Gasteiger partial charge is 0.272 e. The number of nitrogens with zero attached hydrogens (tertiary/aromatic N) is 3.